The average Bonchev–Trinajstić information content (AvgIpc) is 3.17. The summed E-state index contributed by atoms with van der Waals surface area (Å²) in [4.78, 5) is 37.4. The number of aromatic nitrogens is 4. The minimum atomic E-state index is -1.45. The summed E-state index contributed by atoms with van der Waals surface area (Å²) in [5.41, 5.74) is -1.02. The summed E-state index contributed by atoms with van der Waals surface area (Å²) in [6.07, 6.45) is 1.25. The molecular formula is C16H18Cl2N4O5S. The molecule has 12 heteroatoms. The van der Waals surface area contributed by atoms with E-state index in [9.17, 15) is 13.8 Å². The van der Waals surface area contributed by atoms with Crippen LogP contribution in [0.5, 0.6) is 0 Å². The molecular weight excluding hydrogens is 431 g/mol. The molecule has 9 nitrogen and oxygen atoms in total. The zero-order chi connectivity index (χ0) is 20.5. The second-order valence-electron chi connectivity index (χ2n) is 6.17. The highest BCUT2D eigenvalue weighted by Gasteiger charge is 2.56. The fourth-order valence-corrected chi connectivity index (χ4v) is 5.78. The second-order valence-corrected chi connectivity index (χ2v) is 8.37. The molecule has 2 aromatic rings. The standard InChI is InChI=1S/C16H18Cl2N4O5S/c1-3-26-10(23)5-9-6-28(25)7-16(9,14(24)27-4-2)22-8-19-11-12(17)20-15(18)21-13(11)22/h8-9H,3-7H2,1-2H3/t9-,16-,28?/m0/s1. The molecule has 1 aliphatic heterocycles. The highest BCUT2D eigenvalue weighted by molar-refractivity contribution is 7.85. The molecule has 1 unspecified atom stereocenters. The molecule has 0 radical (unpaired) electrons. The Morgan fingerprint density at radius 2 is 2.00 bits per heavy atom. The number of carbonyl (C=O) groups excluding carboxylic acids is 2. The molecule has 152 valence electrons. The predicted octanol–water partition coefficient (Wildman–Crippen LogP) is 1.72. The van der Waals surface area contributed by atoms with E-state index in [1.54, 1.807) is 13.8 Å². The highest BCUT2D eigenvalue weighted by Crippen LogP contribution is 2.40. The van der Waals surface area contributed by atoms with Crippen molar-refractivity contribution in [1.29, 1.82) is 0 Å². The Balaban J connectivity index is 2.19. The van der Waals surface area contributed by atoms with Crippen molar-refractivity contribution in [3.05, 3.63) is 16.8 Å². The minimum absolute atomic E-state index is 0.0221. The summed E-state index contributed by atoms with van der Waals surface area (Å²) in [7, 11) is -1.37. The first-order valence-corrected chi connectivity index (χ1v) is 10.8. The van der Waals surface area contributed by atoms with Gasteiger partial charge in [-0.1, -0.05) is 11.6 Å². The number of rotatable bonds is 6. The molecule has 3 atom stereocenters. The molecule has 1 aliphatic rings. The molecule has 0 aromatic carbocycles. The van der Waals surface area contributed by atoms with Gasteiger partial charge in [-0.2, -0.15) is 4.98 Å². The number of carbonyl (C=O) groups is 2. The van der Waals surface area contributed by atoms with Crippen LogP contribution in [0, 0.1) is 5.92 Å². The average molecular weight is 449 g/mol. The largest absolute Gasteiger partial charge is 0.466 e. The fourth-order valence-electron chi connectivity index (χ4n) is 3.41. The van der Waals surface area contributed by atoms with Crippen LogP contribution in [0.3, 0.4) is 0 Å². The first-order chi connectivity index (χ1) is 13.3. The monoisotopic (exact) mass is 448 g/mol. The second kappa shape index (κ2) is 8.30. The van der Waals surface area contributed by atoms with E-state index in [2.05, 4.69) is 15.0 Å². The van der Waals surface area contributed by atoms with Crippen LogP contribution in [-0.2, 0) is 35.4 Å². The lowest BCUT2D eigenvalue weighted by Crippen LogP contribution is -2.50. The molecule has 2 aromatic heterocycles. The van der Waals surface area contributed by atoms with Gasteiger partial charge in [0.15, 0.2) is 16.3 Å². The van der Waals surface area contributed by atoms with Gasteiger partial charge in [0.05, 0.1) is 31.7 Å². The molecule has 28 heavy (non-hydrogen) atoms. The van der Waals surface area contributed by atoms with Crippen molar-refractivity contribution < 1.29 is 23.3 Å². The Bertz CT molecular complexity index is 953. The quantitative estimate of drug-likeness (QED) is 0.372. The van der Waals surface area contributed by atoms with Gasteiger partial charge in [-0.25, -0.2) is 14.8 Å². The topological polar surface area (TPSA) is 113 Å². The van der Waals surface area contributed by atoms with Crippen LogP contribution in [0.2, 0.25) is 10.4 Å². The summed E-state index contributed by atoms with van der Waals surface area (Å²) in [5, 5.41) is -0.104. The van der Waals surface area contributed by atoms with E-state index < -0.39 is 34.2 Å². The van der Waals surface area contributed by atoms with Crippen LogP contribution in [0.4, 0.5) is 0 Å². The van der Waals surface area contributed by atoms with Crippen molar-refractivity contribution >= 4 is 57.1 Å². The van der Waals surface area contributed by atoms with Crippen LogP contribution >= 0.6 is 23.2 Å². The SMILES string of the molecule is CCOC(=O)C[C@H]1CS(=O)C[C@]1(C(=O)OCC)n1cnc2c(Cl)nc(Cl)nc21. The van der Waals surface area contributed by atoms with Gasteiger partial charge in [0, 0.05) is 22.5 Å². The van der Waals surface area contributed by atoms with Crippen molar-refractivity contribution in [2.75, 3.05) is 24.7 Å². The summed E-state index contributed by atoms with van der Waals surface area (Å²) < 4.78 is 24.3. The number of ether oxygens (including phenoxy) is 2. The predicted molar refractivity (Wildman–Crippen MR) is 103 cm³/mol. The van der Waals surface area contributed by atoms with Gasteiger partial charge in [-0.05, 0) is 25.4 Å². The van der Waals surface area contributed by atoms with Gasteiger partial charge < -0.3 is 9.47 Å². The summed E-state index contributed by atoms with van der Waals surface area (Å²) >= 11 is 12.0. The number of fused-ring (bicyclic) bond motifs is 1. The van der Waals surface area contributed by atoms with Crippen molar-refractivity contribution in [1.82, 2.24) is 19.5 Å². The van der Waals surface area contributed by atoms with Gasteiger partial charge in [-0.3, -0.25) is 13.6 Å². The van der Waals surface area contributed by atoms with Gasteiger partial charge in [-0.15, -0.1) is 0 Å². The van der Waals surface area contributed by atoms with Crippen molar-refractivity contribution in [3.8, 4) is 0 Å². The van der Waals surface area contributed by atoms with E-state index >= 15 is 0 Å². The van der Waals surface area contributed by atoms with Gasteiger partial charge >= 0.3 is 11.9 Å². The van der Waals surface area contributed by atoms with Crippen LogP contribution in [-0.4, -0.2) is 60.4 Å². The molecule has 3 rings (SSSR count). The molecule has 0 aliphatic carbocycles. The van der Waals surface area contributed by atoms with Crippen molar-refractivity contribution in [3.63, 3.8) is 0 Å². The third-order valence-corrected chi connectivity index (χ3v) is 6.52. The zero-order valence-corrected chi connectivity index (χ0v) is 17.5. The van der Waals surface area contributed by atoms with E-state index in [0.717, 1.165) is 0 Å². The van der Waals surface area contributed by atoms with Crippen LogP contribution in [0.25, 0.3) is 11.2 Å². The molecule has 0 saturated carbocycles. The number of esters is 2. The van der Waals surface area contributed by atoms with Crippen LogP contribution in [0.1, 0.15) is 20.3 Å². The van der Waals surface area contributed by atoms with E-state index in [1.807, 2.05) is 0 Å². The van der Waals surface area contributed by atoms with Gasteiger partial charge in [0.2, 0.25) is 5.28 Å². The van der Waals surface area contributed by atoms with E-state index in [0.29, 0.717) is 0 Å². The summed E-state index contributed by atoms with van der Waals surface area (Å²) in [5.74, 6) is -1.68. The third-order valence-electron chi connectivity index (χ3n) is 4.55. The Morgan fingerprint density at radius 1 is 1.29 bits per heavy atom. The lowest BCUT2D eigenvalue weighted by Gasteiger charge is -2.33. The maximum atomic E-state index is 13.1. The lowest BCUT2D eigenvalue weighted by atomic mass is 9.84. The van der Waals surface area contributed by atoms with E-state index in [1.165, 1.54) is 10.9 Å². The molecule has 0 amide bonds. The third kappa shape index (κ3) is 3.60. The maximum Gasteiger partial charge on any atom is 0.333 e. The Hall–Kier alpha value is -1.78. The van der Waals surface area contributed by atoms with Crippen molar-refractivity contribution in [2.24, 2.45) is 5.92 Å². The molecule has 1 saturated heterocycles. The fraction of sp³-hybridized carbons (Fsp3) is 0.562. The number of nitrogens with zero attached hydrogens (tertiary/aromatic N) is 4. The van der Waals surface area contributed by atoms with E-state index in [-0.39, 0.29) is 52.7 Å². The van der Waals surface area contributed by atoms with Crippen molar-refractivity contribution in [2.45, 2.75) is 25.8 Å². The number of hydrogen-bond acceptors (Lipinski definition) is 8. The first kappa shape index (κ1) is 20.9. The number of halogens is 2. The lowest BCUT2D eigenvalue weighted by molar-refractivity contribution is -0.156. The van der Waals surface area contributed by atoms with Gasteiger partial charge in [0.25, 0.3) is 0 Å². The number of hydrogen-bond donors (Lipinski definition) is 0. The highest BCUT2D eigenvalue weighted by atomic mass is 35.5. The maximum absolute atomic E-state index is 13.1. The Morgan fingerprint density at radius 3 is 2.68 bits per heavy atom. The summed E-state index contributed by atoms with van der Waals surface area (Å²) in [6, 6.07) is 0. The normalized spacial score (nSPS) is 24.4. The molecule has 0 spiro atoms. The van der Waals surface area contributed by atoms with Crippen LogP contribution in [0.15, 0.2) is 6.33 Å². The number of imidazole rings is 1. The molecule has 3 heterocycles. The first-order valence-electron chi connectivity index (χ1n) is 8.57. The zero-order valence-electron chi connectivity index (χ0n) is 15.2. The molecule has 0 N–H and O–H groups in total. The van der Waals surface area contributed by atoms with Gasteiger partial charge in [0.1, 0.15) is 5.52 Å². The smallest absolute Gasteiger partial charge is 0.333 e. The Kier molecular flexibility index (Phi) is 6.21. The summed E-state index contributed by atoms with van der Waals surface area (Å²) in [6.45, 7) is 3.67. The Labute approximate surface area is 173 Å². The molecule has 1 fully saturated rings. The molecule has 0 bridgehead atoms. The van der Waals surface area contributed by atoms with Crippen LogP contribution < -0.4 is 0 Å². The van der Waals surface area contributed by atoms with E-state index in [4.69, 9.17) is 32.7 Å². The minimum Gasteiger partial charge on any atom is -0.466 e.